The zero-order valence-corrected chi connectivity index (χ0v) is 18.5. The molecule has 1 fully saturated rings. The van der Waals surface area contributed by atoms with Gasteiger partial charge in [-0.15, -0.1) is 11.3 Å². The third-order valence-electron chi connectivity index (χ3n) is 5.22. The van der Waals surface area contributed by atoms with Crippen molar-refractivity contribution in [2.45, 2.75) is 26.4 Å². The van der Waals surface area contributed by atoms with E-state index in [0.717, 1.165) is 61.4 Å². The third-order valence-corrected chi connectivity index (χ3v) is 6.19. The summed E-state index contributed by atoms with van der Waals surface area (Å²) in [6, 6.07) is 4.62. The van der Waals surface area contributed by atoms with Gasteiger partial charge in [0, 0.05) is 48.9 Å². The fraction of sp³-hybridized carbons (Fsp3) is 0.524. The molecule has 2 N–H and O–H groups in total. The van der Waals surface area contributed by atoms with Crippen LogP contribution in [0.3, 0.4) is 0 Å². The first-order valence-electron chi connectivity index (χ1n) is 9.92. The van der Waals surface area contributed by atoms with Crippen LogP contribution < -0.4 is 15.4 Å². The van der Waals surface area contributed by atoms with Crippen molar-refractivity contribution in [2.75, 3.05) is 47.0 Å². The fourth-order valence-corrected chi connectivity index (χ4v) is 4.47. The van der Waals surface area contributed by atoms with Crippen molar-refractivity contribution in [3.63, 3.8) is 0 Å². The number of aliphatic imine (C=N–C) groups is 1. The van der Waals surface area contributed by atoms with Gasteiger partial charge in [-0.3, -0.25) is 14.9 Å². The lowest BCUT2D eigenvalue weighted by Gasteiger charge is -2.34. The standard InChI is InChI=1S/C21H31N5O2S/c1-15-12-23-17(16(2)20(15)27-4)13-24-21(22-3)25-14-18(19-6-5-11-29-19)26-7-9-28-10-8-26/h5-6,11-12,18H,7-10,13-14H2,1-4H3,(H2,22,24,25). The molecule has 7 nitrogen and oxygen atoms in total. The Morgan fingerprint density at radius 2 is 2.14 bits per heavy atom. The fourth-order valence-electron chi connectivity index (χ4n) is 3.61. The van der Waals surface area contributed by atoms with Gasteiger partial charge in [0.1, 0.15) is 5.75 Å². The smallest absolute Gasteiger partial charge is 0.191 e. The molecule has 8 heteroatoms. The topological polar surface area (TPSA) is 71.0 Å². The van der Waals surface area contributed by atoms with Crippen molar-refractivity contribution in [3.8, 4) is 5.75 Å². The van der Waals surface area contributed by atoms with E-state index in [9.17, 15) is 0 Å². The van der Waals surface area contributed by atoms with Gasteiger partial charge in [0.2, 0.25) is 0 Å². The molecule has 2 aromatic heterocycles. The number of hydrogen-bond donors (Lipinski definition) is 2. The van der Waals surface area contributed by atoms with Crippen molar-refractivity contribution in [1.29, 1.82) is 0 Å². The number of thiophene rings is 1. The first kappa shape index (κ1) is 21.5. The molecule has 1 atom stereocenters. The number of rotatable bonds is 7. The van der Waals surface area contributed by atoms with E-state index in [1.165, 1.54) is 4.88 Å². The third kappa shape index (κ3) is 5.46. The van der Waals surface area contributed by atoms with E-state index in [0.29, 0.717) is 12.6 Å². The van der Waals surface area contributed by atoms with Crippen LogP contribution >= 0.6 is 11.3 Å². The summed E-state index contributed by atoms with van der Waals surface area (Å²) in [5, 5.41) is 9.00. The first-order chi connectivity index (χ1) is 14.1. The van der Waals surface area contributed by atoms with Crippen LogP contribution in [-0.2, 0) is 11.3 Å². The van der Waals surface area contributed by atoms with Gasteiger partial charge in [0.25, 0.3) is 0 Å². The summed E-state index contributed by atoms with van der Waals surface area (Å²) in [5.74, 6) is 1.66. The zero-order valence-electron chi connectivity index (χ0n) is 17.7. The van der Waals surface area contributed by atoms with E-state index in [1.54, 1.807) is 25.5 Å². The van der Waals surface area contributed by atoms with Crippen LogP contribution in [0.25, 0.3) is 0 Å². The number of pyridine rings is 1. The molecule has 1 saturated heterocycles. The van der Waals surface area contributed by atoms with Gasteiger partial charge in [-0.25, -0.2) is 0 Å². The molecule has 2 aromatic rings. The summed E-state index contributed by atoms with van der Waals surface area (Å²) < 4.78 is 11.0. The molecule has 0 radical (unpaired) electrons. The first-order valence-corrected chi connectivity index (χ1v) is 10.8. The maximum absolute atomic E-state index is 5.53. The average molecular weight is 418 g/mol. The van der Waals surface area contributed by atoms with Gasteiger partial charge in [0.05, 0.1) is 38.6 Å². The van der Waals surface area contributed by atoms with E-state index < -0.39 is 0 Å². The van der Waals surface area contributed by atoms with Crippen LogP contribution in [0.1, 0.15) is 27.7 Å². The number of aryl methyl sites for hydroxylation is 1. The van der Waals surface area contributed by atoms with Gasteiger partial charge in [-0.05, 0) is 25.3 Å². The molecule has 0 bridgehead atoms. The molecule has 3 heterocycles. The molecular weight excluding hydrogens is 386 g/mol. The minimum absolute atomic E-state index is 0.303. The molecule has 158 valence electrons. The molecule has 0 saturated carbocycles. The molecule has 1 unspecified atom stereocenters. The summed E-state index contributed by atoms with van der Waals surface area (Å²) in [7, 11) is 3.49. The highest BCUT2D eigenvalue weighted by Crippen LogP contribution is 2.26. The van der Waals surface area contributed by atoms with E-state index >= 15 is 0 Å². The van der Waals surface area contributed by atoms with Crippen molar-refractivity contribution in [2.24, 2.45) is 4.99 Å². The second-order valence-electron chi connectivity index (χ2n) is 7.03. The Hall–Kier alpha value is -2.16. The minimum atomic E-state index is 0.303. The van der Waals surface area contributed by atoms with E-state index in [2.05, 4.69) is 43.0 Å². The number of aromatic nitrogens is 1. The lowest BCUT2D eigenvalue weighted by Crippen LogP contribution is -2.46. The number of guanidine groups is 1. The average Bonchev–Trinajstić information content (AvgIpc) is 3.27. The van der Waals surface area contributed by atoms with Gasteiger partial charge >= 0.3 is 0 Å². The molecule has 0 aliphatic carbocycles. The van der Waals surface area contributed by atoms with Crippen LogP contribution in [0.15, 0.2) is 28.7 Å². The quantitative estimate of drug-likeness (QED) is 0.533. The van der Waals surface area contributed by atoms with Crippen molar-refractivity contribution in [1.82, 2.24) is 20.5 Å². The van der Waals surface area contributed by atoms with Crippen molar-refractivity contribution in [3.05, 3.63) is 45.4 Å². The van der Waals surface area contributed by atoms with Crippen molar-refractivity contribution >= 4 is 17.3 Å². The molecule has 3 rings (SSSR count). The van der Waals surface area contributed by atoms with Gasteiger partial charge in [-0.1, -0.05) is 6.07 Å². The molecule has 29 heavy (non-hydrogen) atoms. The molecular formula is C21H31N5O2S. The Morgan fingerprint density at radius 1 is 1.34 bits per heavy atom. The van der Waals surface area contributed by atoms with Gasteiger partial charge in [-0.2, -0.15) is 0 Å². The van der Waals surface area contributed by atoms with Crippen LogP contribution in [0.4, 0.5) is 0 Å². The van der Waals surface area contributed by atoms with E-state index in [-0.39, 0.29) is 0 Å². The summed E-state index contributed by atoms with van der Waals surface area (Å²) in [6.07, 6.45) is 1.85. The SMILES string of the molecule is CN=C(NCc1ncc(C)c(OC)c1C)NCC(c1cccs1)N1CCOCC1. The Kier molecular flexibility index (Phi) is 7.85. The molecule has 1 aliphatic rings. The number of ether oxygens (including phenoxy) is 2. The highest BCUT2D eigenvalue weighted by Gasteiger charge is 2.23. The van der Waals surface area contributed by atoms with Crippen LogP contribution in [0, 0.1) is 13.8 Å². The predicted molar refractivity (Wildman–Crippen MR) is 118 cm³/mol. The molecule has 0 spiro atoms. The van der Waals surface area contributed by atoms with Crippen LogP contribution in [-0.4, -0.2) is 62.8 Å². The number of morpholine rings is 1. The zero-order chi connectivity index (χ0) is 20.6. The number of hydrogen-bond acceptors (Lipinski definition) is 6. The Bertz CT molecular complexity index is 804. The van der Waals surface area contributed by atoms with Crippen LogP contribution in [0.5, 0.6) is 5.75 Å². The summed E-state index contributed by atoms with van der Waals surface area (Å²) in [5.41, 5.74) is 3.05. The van der Waals surface area contributed by atoms with Gasteiger partial charge < -0.3 is 20.1 Å². The molecule has 0 amide bonds. The maximum atomic E-state index is 5.53. The number of methoxy groups -OCH3 is 1. The summed E-state index contributed by atoms with van der Waals surface area (Å²) in [6.45, 7) is 8.88. The molecule has 1 aliphatic heterocycles. The lowest BCUT2D eigenvalue weighted by molar-refractivity contribution is 0.0177. The Morgan fingerprint density at radius 3 is 2.79 bits per heavy atom. The highest BCUT2D eigenvalue weighted by molar-refractivity contribution is 7.10. The lowest BCUT2D eigenvalue weighted by atomic mass is 10.1. The largest absolute Gasteiger partial charge is 0.496 e. The normalized spacial score (nSPS) is 16.5. The van der Waals surface area contributed by atoms with E-state index in [4.69, 9.17) is 9.47 Å². The summed E-state index contributed by atoms with van der Waals surface area (Å²) >= 11 is 1.79. The second-order valence-corrected chi connectivity index (χ2v) is 8.01. The van der Waals surface area contributed by atoms with Crippen LogP contribution in [0.2, 0.25) is 0 Å². The Labute approximate surface area is 177 Å². The van der Waals surface area contributed by atoms with E-state index in [1.807, 2.05) is 20.0 Å². The highest BCUT2D eigenvalue weighted by atomic mass is 32.1. The number of nitrogens with one attached hydrogen (secondary N) is 2. The second kappa shape index (κ2) is 10.6. The Balaban J connectivity index is 1.62. The van der Waals surface area contributed by atoms with Gasteiger partial charge in [0.15, 0.2) is 5.96 Å². The molecule has 0 aromatic carbocycles. The minimum Gasteiger partial charge on any atom is -0.496 e. The maximum Gasteiger partial charge on any atom is 0.191 e. The predicted octanol–water partition coefficient (Wildman–Crippen LogP) is 2.51. The monoisotopic (exact) mass is 417 g/mol. The van der Waals surface area contributed by atoms with Crippen molar-refractivity contribution < 1.29 is 9.47 Å². The number of nitrogens with zero attached hydrogens (tertiary/aromatic N) is 3. The summed E-state index contributed by atoms with van der Waals surface area (Å²) in [4.78, 5) is 12.8.